The molecule has 7 heteroatoms. The highest BCUT2D eigenvalue weighted by Gasteiger charge is 2.31. The lowest BCUT2D eigenvalue weighted by Crippen LogP contribution is -2.39. The molecule has 1 saturated heterocycles. The van der Waals surface area contributed by atoms with Crippen molar-refractivity contribution in [2.24, 2.45) is 0 Å². The smallest absolute Gasteiger partial charge is 0.227 e. The molecule has 0 bridgehead atoms. The number of likely N-dealkylation sites (tertiary alicyclic amines) is 1. The van der Waals surface area contributed by atoms with Gasteiger partial charge < -0.3 is 9.42 Å². The minimum absolute atomic E-state index is 0.152. The second-order valence-corrected chi connectivity index (χ2v) is 6.99. The number of nitrogens with one attached hydrogen (secondary N) is 1. The molecule has 1 amide bonds. The van der Waals surface area contributed by atoms with Crippen LogP contribution in [0.3, 0.4) is 0 Å². The molecule has 2 aromatic rings. The second kappa shape index (κ2) is 6.03. The number of carbonyl (C=O) groups is 1. The van der Waals surface area contributed by atoms with Crippen molar-refractivity contribution < 1.29 is 9.32 Å². The van der Waals surface area contributed by atoms with Crippen LogP contribution in [-0.2, 0) is 11.2 Å². The number of H-pyrrole nitrogens is 1. The fourth-order valence-electron chi connectivity index (χ4n) is 3.41. The van der Waals surface area contributed by atoms with E-state index >= 15 is 0 Å². The molecule has 128 valence electrons. The Morgan fingerprint density at radius 1 is 1.21 bits per heavy atom. The predicted molar refractivity (Wildman–Crippen MR) is 86.6 cm³/mol. The first-order chi connectivity index (χ1) is 11.6. The molecule has 0 radical (unpaired) electrons. The topological polar surface area (TPSA) is 87.9 Å². The van der Waals surface area contributed by atoms with Crippen molar-refractivity contribution in [1.82, 2.24) is 25.2 Å². The number of aryl methyl sites for hydroxylation is 2. The Morgan fingerprint density at radius 2 is 1.96 bits per heavy atom. The van der Waals surface area contributed by atoms with Gasteiger partial charge in [0.05, 0.1) is 12.1 Å². The van der Waals surface area contributed by atoms with Crippen LogP contribution >= 0.6 is 0 Å². The van der Waals surface area contributed by atoms with Gasteiger partial charge in [-0.25, -0.2) is 4.98 Å². The Kier molecular flexibility index (Phi) is 3.86. The molecule has 4 rings (SSSR count). The first kappa shape index (κ1) is 15.4. The maximum Gasteiger partial charge on any atom is 0.227 e. The van der Waals surface area contributed by atoms with E-state index in [2.05, 4.69) is 20.3 Å². The molecular weight excluding hydrogens is 306 g/mol. The third-order valence-electron chi connectivity index (χ3n) is 5.21. The van der Waals surface area contributed by atoms with Gasteiger partial charge in [-0.1, -0.05) is 5.16 Å². The van der Waals surface area contributed by atoms with Crippen LogP contribution in [0.2, 0.25) is 0 Å². The van der Waals surface area contributed by atoms with Gasteiger partial charge >= 0.3 is 0 Å². The van der Waals surface area contributed by atoms with E-state index < -0.39 is 0 Å². The summed E-state index contributed by atoms with van der Waals surface area (Å²) in [5, 5.41) is 11.4. The normalized spacial score (nSPS) is 19.0. The van der Waals surface area contributed by atoms with Crippen molar-refractivity contribution in [2.75, 3.05) is 13.1 Å². The van der Waals surface area contributed by atoms with E-state index in [-0.39, 0.29) is 5.91 Å². The summed E-state index contributed by atoms with van der Waals surface area (Å²) in [6.45, 7) is 5.28. The van der Waals surface area contributed by atoms with Crippen LogP contribution in [0.25, 0.3) is 0 Å². The molecule has 1 saturated carbocycles. The molecule has 7 nitrogen and oxygen atoms in total. The van der Waals surface area contributed by atoms with Crippen LogP contribution in [0.4, 0.5) is 0 Å². The first-order valence-electron chi connectivity index (χ1n) is 8.73. The van der Waals surface area contributed by atoms with Crippen molar-refractivity contribution in [3.63, 3.8) is 0 Å². The summed E-state index contributed by atoms with van der Waals surface area (Å²) in [6, 6.07) is 0. The summed E-state index contributed by atoms with van der Waals surface area (Å²) in [5.74, 6) is 3.82. The molecule has 0 atom stereocenters. The number of piperidine rings is 1. The van der Waals surface area contributed by atoms with Crippen LogP contribution < -0.4 is 0 Å². The molecular formula is C17H23N5O2. The number of rotatable bonds is 4. The number of amides is 1. The summed E-state index contributed by atoms with van der Waals surface area (Å²) < 4.78 is 5.14. The van der Waals surface area contributed by atoms with E-state index in [1.54, 1.807) is 0 Å². The third-order valence-corrected chi connectivity index (χ3v) is 5.21. The number of hydrogen-bond donors (Lipinski definition) is 1. The van der Waals surface area contributed by atoms with E-state index in [1.807, 2.05) is 18.7 Å². The van der Waals surface area contributed by atoms with Crippen molar-refractivity contribution in [3.8, 4) is 0 Å². The molecule has 24 heavy (non-hydrogen) atoms. The molecule has 1 aliphatic carbocycles. The molecule has 2 aromatic heterocycles. The minimum atomic E-state index is 0.152. The fraction of sp³-hybridized carbons (Fsp3) is 0.647. The van der Waals surface area contributed by atoms with Gasteiger partial charge in [0.1, 0.15) is 11.6 Å². The highest BCUT2D eigenvalue weighted by atomic mass is 16.5. The van der Waals surface area contributed by atoms with Gasteiger partial charge in [0.2, 0.25) is 5.91 Å². The van der Waals surface area contributed by atoms with Crippen molar-refractivity contribution in [3.05, 3.63) is 28.7 Å². The number of hydrogen-bond acceptors (Lipinski definition) is 5. The van der Waals surface area contributed by atoms with Crippen molar-refractivity contribution in [2.45, 2.75) is 57.8 Å². The molecule has 3 heterocycles. The Bertz CT molecular complexity index is 718. The SMILES string of the molecule is Cc1noc(C)c1CC(=O)N1CCC(c2nc(C3CC3)n[nH]2)CC1. The van der Waals surface area contributed by atoms with Gasteiger partial charge in [-0.2, -0.15) is 5.10 Å². The zero-order chi connectivity index (χ0) is 16.7. The molecule has 2 aliphatic rings. The Hall–Kier alpha value is -2.18. The van der Waals surface area contributed by atoms with Gasteiger partial charge in [-0.15, -0.1) is 0 Å². The van der Waals surface area contributed by atoms with Gasteiger partial charge in [-0.3, -0.25) is 9.89 Å². The van der Waals surface area contributed by atoms with Crippen LogP contribution in [0.15, 0.2) is 4.52 Å². The van der Waals surface area contributed by atoms with E-state index in [0.717, 1.165) is 54.6 Å². The van der Waals surface area contributed by atoms with E-state index in [1.165, 1.54) is 12.8 Å². The lowest BCUT2D eigenvalue weighted by Gasteiger charge is -2.31. The highest BCUT2D eigenvalue weighted by Crippen LogP contribution is 2.38. The summed E-state index contributed by atoms with van der Waals surface area (Å²) in [6.07, 6.45) is 4.68. The average molecular weight is 329 g/mol. The first-order valence-corrected chi connectivity index (χ1v) is 8.73. The predicted octanol–water partition coefficient (Wildman–Crippen LogP) is 2.24. The third kappa shape index (κ3) is 2.95. The lowest BCUT2D eigenvalue weighted by atomic mass is 9.95. The van der Waals surface area contributed by atoms with E-state index in [9.17, 15) is 4.79 Å². The number of aromatic amines is 1. The Morgan fingerprint density at radius 3 is 2.58 bits per heavy atom. The standard InChI is InChI=1S/C17H23N5O2/c1-10-14(11(2)24-21-10)9-15(23)22-7-5-13(6-8-22)17-18-16(19-20-17)12-3-4-12/h12-13H,3-9H2,1-2H3,(H,18,19,20). The highest BCUT2D eigenvalue weighted by molar-refractivity contribution is 5.79. The van der Waals surface area contributed by atoms with Crippen LogP contribution in [-0.4, -0.2) is 44.2 Å². The van der Waals surface area contributed by atoms with Gasteiger partial charge in [0, 0.05) is 30.5 Å². The van der Waals surface area contributed by atoms with Crippen LogP contribution in [0.1, 0.15) is 66.2 Å². The zero-order valence-electron chi connectivity index (χ0n) is 14.2. The number of nitrogens with zero attached hydrogens (tertiary/aromatic N) is 4. The van der Waals surface area contributed by atoms with Crippen LogP contribution in [0, 0.1) is 13.8 Å². The molecule has 1 N–H and O–H groups in total. The fourth-order valence-corrected chi connectivity index (χ4v) is 3.41. The summed E-state index contributed by atoms with van der Waals surface area (Å²) in [4.78, 5) is 19.1. The second-order valence-electron chi connectivity index (χ2n) is 6.99. The van der Waals surface area contributed by atoms with Gasteiger partial charge in [0.15, 0.2) is 5.82 Å². The van der Waals surface area contributed by atoms with E-state index in [4.69, 9.17) is 4.52 Å². The van der Waals surface area contributed by atoms with E-state index in [0.29, 0.717) is 18.3 Å². The molecule has 0 aromatic carbocycles. The Labute approximate surface area is 140 Å². The van der Waals surface area contributed by atoms with Gasteiger partial charge in [-0.05, 0) is 39.5 Å². The molecule has 0 spiro atoms. The zero-order valence-corrected chi connectivity index (χ0v) is 14.2. The maximum atomic E-state index is 12.5. The van der Waals surface area contributed by atoms with Crippen molar-refractivity contribution in [1.29, 1.82) is 0 Å². The van der Waals surface area contributed by atoms with Crippen LogP contribution in [0.5, 0.6) is 0 Å². The summed E-state index contributed by atoms with van der Waals surface area (Å²) in [5.41, 5.74) is 1.73. The number of carbonyl (C=O) groups excluding carboxylic acids is 1. The number of aromatic nitrogens is 4. The average Bonchev–Trinajstić information content (AvgIpc) is 3.25. The molecule has 0 unspecified atom stereocenters. The monoisotopic (exact) mass is 329 g/mol. The minimum Gasteiger partial charge on any atom is -0.361 e. The summed E-state index contributed by atoms with van der Waals surface area (Å²) >= 11 is 0. The molecule has 1 aliphatic heterocycles. The largest absolute Gasteiger partial charge is 0.361 e. The Balaban J connectivity index is 1.34. The lowest BCUT2D eigenvalue weighted by molar-refractivity contribution is -0.131. The molecule has 2 fully saturated rings. The quantitative estimate of drug-likeness (QED) is 0.929. The van der Waals surface area contributed by atoms with Gasteiger partial charge in [0.25, 0.3) is 0 Å². The summed E-state index contributed by atoms with van der Waals surface area (Å²) in [7, 11) is 0. The van der Waals surface area contributed by atoms with Crippen molar-refractivity contribution >= 4 is 5.91 Å². The maximum absolute atomic E-state index is 12.5.